The fourth-order valence-electron chi connectivity index (χ4n) is 2.76. The molecular weight excluding hydrogens is 274 g/mol. The quantitative estimate of drug-likeness (QED) is 0.858. The van der Waals surface area contributed by atoms with Crippen molar-refractivity contribution in [2.75, 3.05) is 18.5 Å². The standard InChI is InChI=1S/C14H15N3O4/c18-10-7-21-12-9(6-20-13(10)12)17-14-15-4-3-8(16-14)11-2-1-5-19-11/h1-5,9-10,12-13,18H,6-7H2,(H,15,16,17). The molecule has 0 amide bonds. The SMILES string of the molecule is OC1COC2C(Nc3nccc(-c4ccco4)n3)COC12. The van der Waals surface area contributed by atoms with Crippen LogP contribution in [0.3, 0.4) is 0 Å². The van der Waals surface area contributed by atoms with Gasteiger partial charge in [0, 0.05) is 6.20 Å². The molecule has 2 saturated heterocycles. The largest absolute Gasteiger partial charge is 0.463 e. The summed E-state index contributed by atoms with van der Waals surface area (Å²) in [7, 11) is 0. The maximum atomic E-state index is 9.73. The van der Waals surface area contributed by atoms with Crippen LogP contribution in [-0.4, -0.2) is 52.6 Å². The van der Waals surface area contributed by atoms with E-state index in [0.717, 1.165) is 0 Å². The lowest BCUT2D eigenvalue weighted by molar-refractivity contribution is 0.0184. The Morgan fingerprint density at radius 1 is 1.19 bits per heavy atom. The Bertz CT molecular complexity index is 618. The molecular formula is C14H15N3O4. The van der Waals surface area contributed by atoms with Crippen LogP contribution in [-0.2, 0) is 9.47 Å². The molecule has 2 aliphatic heterocycles. The molecule has 2 fully saturated rings. The highest BCUT2D eigenvalue weighted by atomic mass is 16.6. The summed E-state index contributed by atoms with van der Waals surface area (Å²) in [5.41, 5.74) is 0.709. The zero-order valence-corrected chi connectivity index (χ0v) is 11.2. The second kappa shape index (κ2) is 5.10. The molecule has 7 nitrogen and oxygen atoms in total. The van der Waals surface area contributed by atoms with Gasteiger partial charge in [0.15, 0.2) is 5.76 Å². The molecule has 2 aromatic rings. The van der Waals surface area contributed by atoms with E-state index < -0.39 is 6.10 Å². The monoisotopic (exact) mass is 289 g/mol. The molecule has 0 radical (unpaired) electrons. The topological polar surface area (TPSA) is 89.6 Å². The minimum absolute atomic E-state index is 0.0704. The van der Waals surface area contributed by atoms with E-state index >= 15 is 0 Å². The van der Waals surface area contributed by atoms with Crippen LogP contribution < -0.4 is 5.32 Å². The number of furan rings is 1. The maximum Gasteiger partial charge on any atom is 0.223 e. The van der Waals surface area contributed by atoms with Crippen molar-refractivity contribution in [3.05, 3.63) is 30.7 Å². The molecule has 2 aliphatic rings. The molecule has 2 N–H and O–H groups in total. The van der Waals surface area contributed by atoms with Crippen LogP contribution in [0.5, 0.6) is 0 Å². The molecule has 0 aromatic carbocycles. The third-order valence-electron chi connectivity index (χ3n) is 3.77. The number of aromatic nitrogens is 2. The van der Waals surface area contributed by atoms with E-state index in [0.29, 0.717) is 30.6 Å². The minimum Gasteiger partial charge on any atom is -0.463 e. The summed E-state index contributed by atoms with van der Waals surface area (Å²) < 4.78 is 16.5. The lowest BCUT2D eigenvalue weighted by atomic mass is 10.1. The van der Waals surface area contributed by atoms with Crippen LogP contribution in [0.2, 0.25) is 0 Å². The number of rotatable bonds is 3. The van der Waals surface area contributed by atoms with Gasteiger partial charge in [0.2, 0.25) is 5.95 Å². The first-order valence-corrected chi connectivity index (χ1v) is 6.86. The van der Waals surface area contributed by atoms with Gasteiger partial charge in [0.25, 0.3) is 0 Å². The summed E-state index contributed by atoms with van der Waals surface area (Å²) in [6.45, 7) is 0.765. The van der Waals surface area contributed by atoms with Gasteiger partial charge in [0.05, 0.1) is 25.5 Å². The number of anilines is 1. The number of hydrogen-bond acceptors (Lipinski definition) is 7. The summed E-state index contributed by atoms with van der Waals surface area (Å²) in [5, 5.41) is 12.9. The van der Waals surface area contributed by atoms with E-state index in [9.17, 15) is 5.11 Å². The van der Waals surface area contributed by atoms with E-state index in [1.54, 1.807) is 18.5 Å². The Morgan fingerprint density at radius 3 is 2.95 bits per heavy atom. The normalized spacial score (nSPS) is 31.3. The number of nitrogens with zero attached hydrogens (tertiary/aromatic N) is 2. The molecule has 110 valence electrons. The van der Waals surface area contributed by atoms with Gasteiger partial charge in [-0.25, -0.2) is 9.97 Å². The van der Waals surface area contributed by atoms with Crippen molar-refractivity contribution in [1.29, 1.82) is 0 Å². The predicted molar refractivity (Wildman–Crippen MR) is 72.6 cm³/mol. The van der Waals surface area contributed by atoms with Gasteiger partial charge in [0.1, 0.15) is 24.0 Å². The van der Waals surface area contributed by atoms with Crippen LogP contribution >= 0.6 is 0 Å². The lowest BCUT2D eigenvalue weighted by Gasteiger charge is -2.17. The zero-order valence-electron chi connectivity index (χ0n) is 11.2. The van der Waals surface area contributed by atoms with Gasteiger partial charge >= 0.3 is 0 Å². The van der Waals surface area contributed by atoms with Crippen molar-refractivity contribution in [2.45, 2.75) is 24.4 Å². The average molecular weight is 289 g/mol. The summed E-state index contributed by atoms with van der Waals surface area (Å²) in [4.78, 5) is 8.63. The maximum absolute atomic E-state index is 9.73. The Kier molecular flexibility index (Phi) is 3.10. The minimum atomic E-state index is -0.558. The summed E-state index contributed by atoms with van der Waals surface area (Å²) in [5.74, 6) is 1.18. The highest BCUT2D eigenvalue weighted by Crippen LogP contribution is 2.28. The van der Waals surface area contributed by atoms with Crippen LogP contribution in [0, 0.1) is 0 Å². The molecule has 0 saturated carbocycles. The van der Waals surface area contributed by atoms with Crippen molar-refractivity contribution in [3.63, 3.8) is 0 Å². The molecule has 4 rings (SSSR count). The van der Waals surface area contributed by atoms with Gasteiger partial charge in [-0.2, -0.15) is 0 Å². The average Bonchev–Trinajstić information content (AvgIpc) is 3.21. The number of aliphatic hydroxyl groups excluding tert-OH is 1. The molecule has 4 atom stereocenters. The summed E-state index contributed by atoms with van der Waals surface area (Å²) >= 11 is 0. The fraction of sp³-hybridized carbons (Fsp3) is 0.429. The predicted octanol–water partition coefficient (Wildman–Crippen LogP) is 0.676. The molecule has 0 bridgehead atoms. The van der Waals surface area contributed by atoms with Crippen LogP contribution in [0.25, 0.3) is 11.5 Å². The molecule has 2 aromatic heterocycles. The molecule has 21 heavy (non-hydrogen) atoms. The number of ether oxygens (including phenoxy) is 2. The number of hydrogen-bond donors (Lipinski definition) is 2. The van der Waals surface area contributed by atoms with E-state index in [-0.39, 0.29) is 18.2 Å². The molecule has 4 unspecified atom stereocenters. The van der Waals surface area contributed by atoms with E-state index in [2.05, 4.69) is 15.3 Å². The Hall–Kier alpha value is -1.96. The number of fused-ring (bicyclic) bond motifs is 1. The first-order valence-electron chi connectivity index (χ1n) is 6.86. The third-order valence-corrected chi connectivity index (χ3v) is 3.77. The fourth-order valence-corrected chi connectivity index (χ4v) is 2.76. The van der Waals surface area contributed by atoms with Gasteiger partial charge < -0.3 is 24.3 Å². The van der Waals surface area contributed by atoms with E-state index in [1.165, 1.54) is 0 Å². The molecule has 7 heteroatoms. The van der Waals surface area contributed by atoms with Crippen molar-refractivity contribution >= 4 is 5.95 Å². The Morgan fingerprint density at radius 2 is 2.10 bits per heavy atom. The number of nitrogens with one attached hydrogen (secondary N) is 1. The zero-order chi connectivity index (χ0) is 14.2. The second-order valence-corrected chi connectivity index (χ2v) is 5.16. The van der Waals surface area contributed by atoms with Crippen LogP contribution in [0.15, 0.2) is 35.1 Å². The van der Waals surface area contributed by atoms with Crippen molar-refractivity contribution < 1.29 is 19.0 Å². The Labute approximate surface area is 120 Å². The lowest BCUT2D eigenvalue weighted by Crippen LogP contribution is -2.36. The summed E-state index contributed by atoms with van der Waals surface area (Å²) in [6.07, 6.45) is 2.28. The summed E-state index contributed by atoms with van der Waals surface area (Å²) in [6, 6.07) is 5.37. The van der Waals surface area contributed by atoms with Crippen LogP contribution in [0.1, 0.15) is 0 Å². The Balaban J connectivity index is 1.52. The van der Waals surface area contributed by atoms with Gasteiger partial charge in [-0.15, -0.1) is 0 Å². The first-order chi connectivity index (χ1) is 10.3. The number of aliphatic hydroxyl groups is 1. The van der Waals surface area contributed by atoms with Crippen LogP contribution in [0.4, 0.5) is 5.95 Å². The van der Waals surface area contributed by atoms with E-state index in [1.807, 2.05) is 12.1 Å². The molecule has 0 aliphatic carbocycles. The van der Waals surface area contributed by atoms with E-state index in [4.69, 9.17) is 13.9 Å². The van der Waals surface area contributed by atoms with Crippen molar-refractivity contribution in [3.8, 4) is 11.5 Å². The first kappa shape index (κ1) is 12.8. The van der Waals surface area contributed by atoms with Gasteiger partial charge in [-0.05, 0) is 18.2 Å². The van der Waals surface area contributed by atoms with Gasteiger partial charge in [-0.3, -0.25) is 0 Å². The van der Waals surface area contributed by atoms with Crippen molar-refractivity contribution in [1.82, 2.24) is 9.97 Å². The molecule has 4 heterocycles. The molecule has 0 spiro atoms. The highest BCUT2D eigenvalue weighted by molar-refractivity contribution is 5.53. The van der Waals surface area contributed by atoms with Gasteiger partial charge in [-0.1, -0.05) is 0 Å². The smallest absolute Gasteiger partial charge is 0.223 e. The van der Waals surface area contributed by atoms with Crippen molar-refractivity contribution in [2.24, 2.45) is 0 Å². The third kappa shape index (κ3) is 2.29. The second-order valence-electron chi connectivity index (χ2n) is 5.16. The highest BCUT2D eigenvalue weighted by Gasteiger charge is 2.47.